The lowest BCUT2D eigenvalue weighted by Gasteiger charge is -2.38. The molecule has 1 saturated heterocycles. The van der Waals surface area contributed by atoms with Crippen molar-refractivity contribution >= 4 is 5.78 Å². The third kappa shape index (κ3) is 1.85. The van der Waals surface area contributed by atoms with Gasteiger partial charge in [0.15, 0.2) is 5.78 Å². The summed E-state index contributed by atoms with van der Waals surface area (Å²) in [5.74, 6) is 1.40. The SMILES string of the molecule is C/C(=C1\C(=O)C[C@@H]2[C@H]1C2(C)C)N1CCCC[C@@H]1CO. The van der Waals surface area contributed by atoms with Crippen molar-refractivity contribution in [3.8, 4) is 0 Å². The third-order valence-electron chi connectivity index (χ3n) is 5.73. The molecule has 0 aromatic rings. The maximum absolute atomic E-state index is 12.2. The highest BCUT2D eigenvalue weighted by molar-refractivity contribution is 6.01. The first kappa shape index (κ1) is 13.2. The summed E-state index contributed by atoms with van der Waals surface area (Å²) in [4.78, 5) is 14.5. The molecule has 3 aliphatic rings. The summed E-state index contributed by atoms with van der Waals surface area (Å²) in [7, 11) is 0. The Morgan fingerprint density at radius 2 is 2.16 bits per heavy atom. The maximum atomic E-state index is 12.2. The Morgan fingerprint density at radius 3 is 2.79 bits per heavy atom. The minimum Gasteiger partial charge on any atom is -0.394 e. The largest absolute Gasteiger partial charge is 0.394 e. The summed E-state index contributed by atoms with van der Waals surface area (Å²) in [5.41, 5.74) is 2.55. The van der Waals surface area contributed by atoms with Gasteiger partial charge in [0.1, 0.15) is 0 Å². The average Bonchev–Trinajstić information content (AvgIpc) is 2.74. The Labute approximate surface area is 115 Å². The number of aliphatic hydroxyl groups excluding tert-OH is 1. The molecule has 1 aliphatic heterocycles. The molecule has 2 saturated carbocycles. The van der Waals surface area contributed by atoms with E-state index in [1.165, 1.54) is 12.8 Å². The van der Waals surface area contributed by atoms with Crippen LogP contribution in [0.25, 0.3) is 0 Å². The van der Waals surface area contributed by atoms with E-state index >= 15 is 0 Å². The van der Waals surface area contributed by atoms with Crippen molar-refractivity contribution < 1.29 is 9.90 Å². The van der Waals surface area contributed by atoms with Crippen molar-refractivity contribution in [2.75, 3.05) is 13.2 Å². The van der Waals surface area contributed by atoms with Crippen molar-refractivity contribution in [3.05, 3.63) is 11.3 Å². The average molecular weight is 263 g/mol. The summed E-state index contributed by atoms with van der Waals surface area (Å²) in [6.07, 6.45) is 4.15. The molecular weight excluding hydrogens is 238 g/mol. The van der Waals surface area contributed by atoms with Gasteiger partial charge in [0, 0.05) is 24.2 Å². The minimum atomic E-state index is 0.205. The number of nitrogens with zero attached hydrogens (tertiary/aromatic N) is 1. The topological polar surface area (TPSA) is 40.5 Å². The van der Waals surface area contributed by atoms with Crippen LogP contribution in [0.5, 0.6) is 0 Å². The zero-order valence-electron chi connectivity index (χ0n) is 12.3. The number of rotatable bonds is 2. The Morgan fingerprint density at radius 1 is 1.42 bits per heavy atom. The van der Waals surface area contributed by atoms with Gasteiger partial charge in [-0.2, -0.15) is 0 Å². The lowest BCUT2D eigenvalue weighted by atomic mass is 9.93. The molecule has 2 aliphatic carbocycles. The van der Waals surface area contributed by atoms with E-state index in [9.17, 15) is 9.90 Å². The molecule has 0 aromatic heterocycles. The van der Waals surface area contributed by atoms with Gasteiger partial charge in [-0.25, -0.2) is 0 Å². The van der Waals surface area contributed by atoms with Crippen LogP contribution in [0.3, 0.4) is 0 Å². The van der Waals surface area contributed by atoms with Gasteiger partial charge in [0.2, 0.25) is 0 Å². The van der Waals surface area contributed by atoms with Crippen LogP contribution in [0.4, 0.5) is 0 Å². The lowest BCUT2D eigenvalue weighted by Crippen LogP contribution is -2.41. The molecular formula is C16H25NO2. The number of hydrogen-bond donors (Lipinski definition) is 1. The van der Waals surface area contributed by atoms with Crippen LogP contribution in [-0.4, -0.2) is 35.0 Å². The number of ketones is 1. The smallest absolute Gasteiger partial charge is 0.161 e. The lowest BCUT2D eigenvalue weighted by molar-refractivity contribution is -0.115. The molecule has 3 atom stereocenters. The molecule has 0 radical (unpaired) electrons. The second-order valence-electron chi connectivity index (χ2n) is 7.06. The predicted molar refractivity (Wildman–Crippen MR) is 74.5 cm³/mol. The van der Waals surface area contributed by atoms with Crippen LogP contribution in [0, 0.1) is 17.3 Å². The Hall–Kier alpha value is -0.830. The zero-order chi connectivity index (χ0) is 13.8. The first-order chi connectivity index (χ1) is 8.98. The molecule has 0 aromatic carbocycles. The molecule has 3 heteroatoms. The van der Waals surface area contributed by atoms with Crippen molar-refractivity contribution in [1.82, 2.24) is 4.90 Å². The summed E-state index contributed by atoms with van der Waals surface area (Å²) in [6.45, 7) is 7.85. The monoisotopic (exact) mass is 263 g/mol. The number of aliphatic hydroxyl groups is 1. The van der Waals surface area contributed by atoms with Crippen LogP contribution in [0.15, 0.2) is 11.3 Å². The highest BCUT2D eigenvalue weighted by atomic mass is 16.3. The molecule has 1 heterocycles. The fourth-order valence-electron chi connectivity index (χ4n) is 4.39. The van der Waals surface area contributed by atoms with E-state index in [0.29, 0.717) is 23.0 Å². The number of likely N-dealkylation sites (tertiary alicyclic amines) is 1. The minimum absolute atomic E-state index is 0.205. The van der Waals surface area contributed by atoms with Crippen LogP contribution in [0.2, 0.25) is 0 Å². The van der Waals surface area contributed by atoms with Crippen LogP contribution in [0.1, 0.15) is 46.5 Å². The van der Waals surface area contributed by atoms with Crippen LogP contribution in [-0.2, 0) is 4.79 Å². The first-order valence-electron chi connectivity index (χ1n) is 7.60. The second-order valence-corrected chi connectivity index (χ2v) is 7.06. The fraction of sp³-hybridized carbons (Fsp3) is 0.812. The van der Waals surface area contributed by atoms with Gasteiger partial charge in [-0.15, -0.1) is 0 Å². The Bertz CT molecular complexity index is 438. The van der Waals surface area contributed by atoms with Gasteiger partial charge in [-0.1, -0.05) is 13.8 Å². The first-order valence-corrected chi connectivity index (χ1v) is 7.60. The number of carbonyl (C=O) groups excluding carboxylic acids is 1. The van der Waals surface area contributed by atoms with Crippen molar-refractivity contribution in [3.63, 3.8) is 0 Å². The van der Waals surface area contributed by atoms with E-state index in [2.05, 4.69) is 25.7 Å². The summed E-state index contributed by atoms with van der Waals surface area (Å²) >= 11 is 0. The number of piperidine rings is 1. The fourth-order valence-corrected chi connectivity index (χ4v) is 4.39. The summed E-state index contributed by atoms with van der Waals surface area (Å²) in [6, 6.07) is 0.218. The van der Waals surface area contributed by atoms with E-state index in [1.807, 2.05) is 0 Å². The Kier molecular flexibility index (Phi) is 3.01. The van der Waals surface area contributed by atoms with Gasteiger partial charge in [-0.05, 0) is 43.4 Å². The normalized spacial score (nSPS) is 39.3. The van der Waals surface area contributed by atoms with Gasteiger partial charge in [-0.3, -0.25) is 4.79 Å². The van der Waals surface area contributed by atoms with E-state index < -0.39 is 0 Å². The molecule has 19 heavy (non-hydrogen) atoms. The highest BCUT2D eigenvalue weighted by Crippen LogP contribution is 2.68. The van der Waals surface area contributed by atoms with E-state index in [-0.39, 0.29) is 12.6 Å². The van der Waals surface area contributed by atoms with E-state index in [0.717, 1.165) is 30.7 Å². The molecule has 1 N–H and O–H groups in total. The van der Waals surface area contributed by atoms with E-state index in [4.69, 9.17) is 0 Å². The zero-order valence-corrected chi connectivity index (χ0v) is 12.3. The van der Waals surface area contributed by atoms with Crippen molar-refractivity contribution in [1.29, 1.82) is 0 Å². The number of fused-ring (bicyclic) bond motifs is 1. The number of carbonyl (C=O) groups is 1. The molecule has 0 unspecified atom stereocenters. The summed E-state index contributed by atoms with van der Waals surface area (Å²) < 4.78 is 0. The second kappa shape index (κ2) is 4.34. The number of hydrogen-bond acceptors (Lipinski definition) is 3. The maximum Gasteiger partial charge on any atom is 0.161 e. The highest BCUT2D eigenvalue weighted by Gasteiger charge is 2.65. The predicted octanol–water partition coefficient (Wildman–Crippen LogP) is 2.35. The molecule has 3 fully saturated rings. The molecule has 0 spiro atoms. The summed E-state index contributed by atoms with van der Waals surface area (Å²) in [5, 5.41) is 9.55. The number of Topliss-reactive ketones (excluding diaryl/α,β-unsaturated/α-hetero) is 1. The molecule has 0 bridgehead atoms. The Balaban J connectivity index is 1.90. The third-order valence-corrected chi connectivity index (χ3v) is 5.73. The quantitative estimate of drug-likeness (QED) is 0.778. The molecule has 3 rings (SSSR count). The van der Waals surface area contributed by atoms with Crippen LogP contribution >= 0.6 is 0 Å². The van der Waals surface area contributed by atoms with Gasteiger partial charge < -0.3 is 10.0 Å². The molecule has 106 valence electrons. The standard InChI is InChI=1S/C16H25NO2/c1-10(17-7-5-4-6-11(17)9-18)14-13(19)8-12-15(14)16(12,2)3/h11-12,15,18H,4-9H2,1-3H3/b14-10-/t11-,12-,15-/m1/s1. The van der Waals surface area contributed by atoms with Crippen molar-refractivity contribution in [2.45, 2.75) is 52.5 Å². The molecule has 0 amide bonds. The van der Waals surface area contributed by atoms with Crippen molar-refractivity contribution in [2.24, 2.45) is 17.3 Å². The van der Waals surface area contributed by atoms with Gasteiger partial charge in [0.25, 0.3) is 0 Å². The van der Waals surface area contributed by atoms with E-state index in [1.54, 1.807) is 0 Å². The van der Waals surface area contributed by atoms with Gasteiger partial charge in [0.05, 0.1) is 12.6 Å². The van der Waals surface area contributed by atoms with Gasteiger partial charge >= 0.3 is 0 Å². The van der Waals surface area contributed by atoms with Crippen LogP contribution < -0.4 is 0 Å². The number of allylic oxidation sites excluding steroid dienone is 2. The molecule has 3 nitrogen and oxygen atoms in total.